The summed E-state index contributed by atoms with van der Waals surface area (Å²) >= 11 is 7.47. The maximum absolute atomic E-state index is 13.3. The fraction of sp³-hybridized carbons (Fsp3) is 0.316. The molecule has 2 heterocycles. The van der Waals surface area contributed by atoms with Gasteiger partial charge in [0.15, 0.2) is 15.0 Å². The van der Waals surface area contributed by atoms with Crippen molar-refractivity contribution in [2.45, 2.75) is 24.0 Å². The molecule has 2 aromatic carbocycles. The molecule has 0 bridgehead atoms. The summed E-state index contributed by atoms with van der Waals surface area (Å²) in [4.78, 5) is 5.98. The van der Waals surface area contributed by atoms with Crippen LogP contribution in [0.4, 0.5) is 23.2 Å². The van der Waals surface area contributed by atoms with Crippen LogP contribution in [0.5, 0.6) is 0 Å². The first-order valence-corrected chi connectivity index (χ1v) is 12.0. The first-order chi connectivity index (χ1) is 14.0. The fourth-order valence-electron chi connectivity index (χ4n) is 3.52. The largest absolute Gasteiger partial charge is 0.416 e. The highest BCUT2D eigenvalue weighted by molar-refractivity contribution is 8.13. The van der Waals surface area contributed by atoms with Crippen LogP contribution >= 0.6 is 23.4 Å². The van der Waals surface area contributed by atoms with Gasteiger partial charge in [0.1, 0.15) is 5.82 Å². The van der Waals surface area contributed by atoms with Crippen LogP contribution in [0.25, 0.3) is 0 Å². The third-order valence-corrected chi connectivity index (χ3v) is 7.98. The Morgan fingerprint density at radius 1 is 1.13 bits per heavy atom. The van der Waals surface area contributed by atoms with Crippen LogP contribution in [0, 0.1) is 5.82 Å². The van der Waals surface area contributed by atoms with Gasteiger partial charge in [-0.3, -0.25) is 4.99 Å². The van der Waals surface area contributed by atoms with Gasteiger partial charge in [0.05, 0.1) is 39.9 Å². The second-order valence-corrected chi connectivity index (χ2v) is 10.6. The number of hydrogen-bond donors (Lipinski definition) is 0. The number of hydrogen-bond acceptors (Lipinski definition) is 5. The highest BCUT2D eigenvalue weighted by Crippen LogP contribution is 2.41. The van der Waals surface area contributed by atoms with Gasteiger partial charge in [-0.2, -0.15) is 13.2 Å². The van der Waals surface area contributed by atoms with Crippen molar-refractivity contribution in [3.63, 3.8) is 0 Å². The van der Waals surface area contributed by atoms with Crippen LogP contribution in [0.3, 0.4) is 0 Å². The monoisotopic (exact) mass is 478 g/mol. The van der Waals surface area contributed by atoms with Gasteiger partial charge in [0.25, 0.3) is 0 Å². The summed E-state index contributed by atoms with van der Waals surface area (Å²) in [5.74, 6) is -0.364. The van der Waals surface area contributed by atoms with Crippen molar-refractivity contribution >= 4 is 44.1 Å². The third-order valence-electron chi connectivity index (χ3n) is 4.92. The molecule has 2 atom stereocenters. The number of anilines is 1. The van der Waals surface area contributed by atoms with Crippen LogP contribution in [-0.2, 0) is 21.8 Å². The second-order valence-electron chi connectivity index (χ2n) is 7.07. The quantitative estimate of drug-likeness (QED) is 0.596. The number of aliphatic imine (C=N–C) groups is 1. The van der Waals surface area contributed by atoms with Crippen molar-refractivity contribution < 1.29 is 26.0 Å². The lowest BCUT2D eigenvalue weighted by atomic mass is 10.1. The molecule has 2 aliphatic heterocycles. The molecule has 0 aromatic heterocycles. The normalized spacial score (nSPS) is 22.8. The topological polar surface area (TPSA) is 49.7 Å². The van der Waals surface area contributed by atoms with Crippen LogP contribution in [0.15, 0.2) is 47.5 Å². The van der Waals surface area contributed by atoms with Crippen molar-refractivity contribution in [3.8, 4) is 0 Å². The van der Waals surface area contributed by atoms with E-state index in [9.17, 15) is 26.0 Å². The lowest BCUT2D eigenvalue weighted by Crippen LogP contribution is -2.39. The van der Waals surface area contributed by atoms with E-state index in [2.05, 4.69) is 4.99 Å². The van der Waals surface area contributed by atoms with E-state index < -0.39 is 33.7 Å². The van der Waals surface area contributed by atoms with Crippen LogP contribution < -0.4 is 4.90 Å². The Labute approximate surface area is 179 Å². The Morgan fingerprint density at radius 2 is 1.83 bits per heavy atom. The van der Waals surface area contributed by atoms with E-state index in [0.717, 1.165) is 23.8 Å². The van der Waals surface area contributed by atoms with Gasteiger partial charge in [-0.25, -0.2) is 12.8 Å². The number of thioether (sulfide) groups is 1. The molecule has 0 amide bonds. The number of halogens is 5. The standard InChI is InChI=1S/C19H15ClF4N2O2S2/c20-14-6-3-12(19(22,23)24)7-16(14)26-17-10-30(27,28)9-15(17)25-18(26)29-8-11-1-4-13(21)5-2-11/h1-7,15,17H,8-10H2/t15-,17-/m0/s1. The van der Waals surface area contributed by atoms with Crippen molar-refractivity contribution in [2.24, 2.45) is 4.99 Å². The maximum Gasteiger partial charge on any atom is 0.416 e. The second kappa shape index (κ2) is 7.72. The van der Waals surface area contributed by atoms with Crippen LogP contribution in [0.2, 0.25) is 5.02 Å². The molecule has 4 rings (SSSR count). The molecule has 30 heavy (non-hydrogen) atoms. The third kappa shape index (κ3) is 4.31. The van der Waals surface area contributed by atoms with Crippen molar-refractivity contribution in [1.82, 2.24) is 0 Å². The smallest absolute Gasteiger partial charge is 0.313 e. The molecule has 1 saturated heterocycles. The Morgan fingerprint density at radius 3 is 2.50 bits per heavy atom. The molecule has 0 radical (unpaired) electrons. The lowest BCUT2D eigenvalue weighted by molar-refractivity contribution is -0.137. The van der Waals surface area contributed by atoms with Gasteiger partial charge in [-0.1, -0.05) is 35.5 Å². The van der Waals surface area contributed by atoms with E-state index in [-0.39, 0.29) is 28.0 Å². The van der Waals surface area contributed by atoms with Gasteiger partial charge in [-0.05, 0) is 35.9 Å². The Kier molecular flexibility index (Phi) is 5.52. The Bertz CT molecular complexity index is 1100. The number of sulfone groups is 1. The van der Waals surface area contributed by atoms with Crippen molar-refractivity contribution in [2.75, 3.05) is 16.4 Å². The van der Waals surface area contributed by atoms with Gasteiger partial charge < -0.3 is 4.90 Å². The molecule has 4 nitrogen and oxygen atoms in total. The average Bonchev–Trinajstić information content (AvgIpc) is 3.12. The molecular formula is C19H15ClF4N2O2S2. The van der Waals surface area contributed by atoms with E-state index in [0.29, 0.717) is 10.9 Å². The summed E-state index contributed by atoms with van der Waals surface area (Å²) < 4.78 is 77.1. The minimum Gasteiger partial charge on any atom is -0.313 e. The summed E-state index contributed by atoms with van der Waals surface area (Å²) in [5, 5.41) is 0.466. The van der Waals surface area contributed by atoms with E-state index in [1.165, 1.54) is 28.8 Å². The van der Waals surface area contributed by atoms with Crippen molar-refractivity contribution in [1.29, 1.82) is 0 Å². The number of amidine groups is 1. The molecule has 0 aliphatic carbocycles. The zero-order chi connectivity index (χ0) is 21.7. The van der Waals surface area contributed by atoms with Crippen molar-refractivity contribution in [3.05, 3.63) is 64.4 Å². The Hall–Kier alpha value is -1.78. The van der Waals surface area contributed by atoms with E-state index >= 15 is 0 Å². The molecule has 160 valence electrons. The van der Waals surface area contributed by atoms with E-state index in [4.69, 9.17) is 11.6 Å². The molecule has 0 unspecified atom stereocenters. The van der Waals surface area contributed by atoms with Gasteiger partial charge in [-0.15, -0.1) is 0 Å². The number of benzene rings is 2. The van der Waals surface area contributed by atoms with Crippen LogP contribution in [-0.4, -0.2) is 37.2 Å². The van der Waals surface area contributed by atoms with Gasteiger partial charge >= 0.3 is 6.18 Å². The first kappa shape index (κ1) is 21.5. The summed E-state index contributed by atoms with van der Waals surface area (Å²) in [6.07, 6.45) is -4.57. The average molecular weight is 479 g/mol. The molecule has 0 spiro atoms. The lowest BCUT2D eigenvalue weighted by Gasteiger charge is -2.28. The summed E-state index contributed by atoms with van der Waals surface area (Å²) in [5.41, 5.74) is -0.0144. The minimum atomic E-state index is -4.57. The SMILES string of the molecule is O=S1(=O)C[C@@H]2N=C(SCc3ccc(F)cc3)N(c3cc(C(F)(F)F)ccc3Cl)[C@H]2C1. The summed E-state index contributed by atoms with van der Waals surface area (Å²) in [6.45, 7) is 0. The van der Waals surface area contributed by atoms with Crippen LogP contribution in [0.1, 0.15) is 11.1 Å². The molecule has 0 N–H and O–H groups in total. The predicted octanol–water partition coefficient (Wildman–Crippen LogP) is 4.77. The minimum absolute atomic E-state index is 0.0708. The Balaban J connectivity index is 1.69. The fourth-order valence-corrected chi connectivity index (χ4v) is 6.64. The van der Waals surface area contributed by atoms with E-state index in [1.54, 1.807) is 12.1 Å². The highest BCUT2D eigenvalue weighted by atomic mass is 35.5. The van der Waals surface area contributed by atoms with E-state index in [1.807, 2.05) is 0 Å². The number of alkyl halides is 3. The number of fused-ring (bicyclic) bond motifs is 1. The summed E-state index contributed by atoms with van der Waals surface area (Å²) in [6, 6.07) is 7.60. The zero-order valence-corrected chi connectivity index (χ0v) is 17.6. The molecule has 0 saturated carbocycles. The maximum atomic E-state index is 13.3. The van der Waals surface area contributed by atoms with Gasteiger partial charge in [0.2, 0.25) is 0 Å². The summed E-state index contributed by atoms with van der Waals surface area (Å²) in [7, 11) is -3.36. The zero-order valence-electron chi connectivity index (χ0n) is 15.2. The molecule has 11 heteroatoms. The molecular weight excluding hydrogens is 464 g/mol. The molecule has 2 aromatic rings. The first-order valence-electron chi connectivity index (χ1n) is 8.85. The highest BCUT2D eigenvalue weighted by Gasteiger charge is 2.48. The number of rotatable bonds is 3. The molecule has 2 aliphatic rings. The molecule has 1 fully saturated rings. The predicted molar refractivity (Wildman–Crippen MR) is 110 cm³/mol. The number of nitrogens with zero attached hydrogens (tertiary/aromatic N) is 2. The van der Waals surface area contributed by atoms with Gasteiger partial charge in [0, 0.05) is 5.75 Å².